The van der Waals surface area contributed by atoms with Gasteiger partial charge in [0.15, 0.2) is 5.96 Å². The standard InChI is InChI=1S/C12H19N3O2/c1-4-7-14-12(13-2)15-8-5-10(6-9-15)11(16)17-3/h1,10H,5-9H2,2-3H3,(H,13,14). The molecule has 17 heavy (non-hydrogen) atoms. The smallest absolute Gasteiger partial charge is 0.308 e. The maximum atomic E-state index is 11.4. The molecule has 5 heteroatoms. The van der Waals surface area contributed by atoms with Gasteiger partial charge in [-0.1, -0.05) is 5.92 Å². The molecule has 0 radical (unpaired) electrons. The molecule has 1 N–H and O–H groups in total. The average Bonchev–Trinajstić information content (AvgIpc) is 2.39. The number of likely N-dealkylation sites (tertiary alicyclic amines) is 1. The van der Waals surface area contributed by atoms with Gasteiger partial charge in [0, 0.05) is 20.1 Å². The van der Waals surface area contributed by atoms with Crippen LogP contribution < -0.4 is 5.32 Å². The van der Waals surface area contributed by atoms with Crippen LogP contribution in [-0.2, 0) is 9.53 Å². The summed E-state index contributed by atoms with van der Waals surface area (Å²) in [6, 6.07) is 0. The monoisotopic (exact) mass is 237 g/mol. The minimum atomic E-state index is -0.115. The summed E-state index contributed by atoms with van der Waals surface area (Å²) in [5.74, 6) is 3.21. The summed E-state index contributed by atoms with van der Waals surface area (Å²) in [6.45, 7) is 2.05. The Morgan fingerprint density at radius 2 is 2.24 bits per heavy atom. The van der Waals surface area contributed by atoms with E-state index in [-0.39, 0.29) is 11.9 Å². The number of piperidine rings is 1. The third-order valence-electron chi connectivity index (χ3n) is 2.89. The van der Waals surface area contributed by atoms with Gasteiger partial charge in [0.05, 0.1) is 19.6 Å². The number of hydrogen-bond acceptors (Lipinski definition) is 3. The highest BCUT2D eigenvalue weighted by molar-refractivity contribution is 5.80. The lowest BCUT2D eigenvalue weighted by atomic mass is 9.97. The predicted octanol–water partition coefficient (Wildman–Crippen LogP) is 0.0800. The zero-order valence-corrected chi connectivity index (χ0v) is 10.4. The molecule has 0 bridgehead atoms. The third kappa shape index (κ3) is 3.66. The van der Waals surface area contributed by atoms with E-state index in [2.05, 4.69) is 21.1 Å². The summed E-state index contributed by atoms with van der Waals surface area (Å²) in [5, 5.41) is 3.07. The van der Waals surface area contributed by atoms with Crippen LogP contribution in [0.5, 0.6) is 0 Å². The van der Waals surface area contributed by atoms with Gasteiger partial charge < -0.3 is 15.0 Å². The second-order valence-electron chi connectivity index (χ2n) is 3.89. The maximum Gasteiger partial charge on any atom is 0.308 e. The summed E-state index contributed by atoms with van der Waals surface area (Å²) in [6.07, 6.45) is 6.78. The molecule has 1 aliphatic heterocycles. The molecule has 1 aliphatic rings. The molecule has 0 spiro atoms. The second kappa shape index (κ2) is 6.79. The van der Waals surface area contributed by atoms with E-state index in [0.717, 1.165) is 31.9 Å². The summed E-state index contributed by atoms with van der Waals surface area (Å²) in [5.41, 5.74) is 0. The number of nitrogens with zero attached hydrogens (tertiary/aromatic N) is 2. The number of aliphatic imine (C=N–C) groups is 1. The van der Waals surface area contributed by atoms with Crippen molar-refractivity contribution >= 4 is 11.9 Å². The van der Waals surface area contributed by atoms with Gasteiger partial charge in [-0.15, -0.1) is 6.42 Å². The van der Waals surface area contributed by atoms with Crippen LogP contribution in [0.15, 0.2) is 4.99 Å². The van der Waals surface area contributed by atoms with Gasteiger partial charge in [0.25, 0.3) is 0 Å². The molecule has 0 atom stereocenters. The summed E-state index contributed by atoms with van der Waals surface area (Å²) < 4.78 is 4.75. The zero-order chi connectivity index (χ0) is 12.7. The molecule has 1 rings (SSSR count). The molecule has 5 nitrogen and oxygen atoms in total. The number of carbonyl (C=O) groups is 1. The van der Waals surface area contributed by atoms with Crippen molar-refractivity contribution < 1.29 is 9.53 Å². The predicted molar refractivity (Wildman–Crippen MR) is 66.5 cm³/mol. The fourth-order valence-corrected chi connectivity index (χ4v) is 1.96. The van der Waals surface area contributed by atoms with Gasteiger partial charge in [-0.25, -0.2) is 0 Å². The molecular weight excluding hydrogens is 218 g/mol. The Hall–Kier alpha value is -1.70. The highest BCUT2D eigenvalue weighted by atomic mass is 16.5. The molecule has 0 aliphatic carbocycles. The zero-order valence-electron chi connectivity index (χ0n) is 10.4. The lowest BCUT2D eigenvalue weighted by Crippen LogP contribution is -2.46. The number of rotatable bonds is 2. The first-order valence-electron chi connectivity index (χ1n) is 5.69. The van der Waals surface area contributed by atoms with Gasteiger partial charge in [-0.3, -0.25) is 9.79 Å². The van der Waals surface area contributed by atoms with E-state index in [1.165, 1.54) is 7.11 Å². The normalized spacial score (nSPS) is 17.5. The second-order valence-corrected chi connectivity index (χ2v) is 3.89. The van der Waals surface area contributed by atoms with E-state index in [4.69, 9.17) is 11.2 Å². The SMILES string of the molecule is C#CCNC(=NC)N1CCC(C(=O)OC)CC1. The molecular formula is C12H19N3O2. The van der Waals surface area contributed by atoms with Crippen molar-refractivity contribution in [2.75, 3.05) is 33.8 Å². The molecule has 0 amide bonds. The molecule has 1 heterocycles. The third-order valence-corrected chi connectivity index (χ3v) is 2.89. The van der Waals surface area contributed by atoms with E-state index in [0.29, 0.717) is 6.54 Å². The van der Waals surface area contributed by atoms with Gasteiger partial charge in [0.1, 0.15) is 0 Å². The van der Waals surface area contributed by atoms with E-state index in [9.17, 15) is 4.79 Å². The Labute approximate surface area is 102 Å². The van der Waals surface area contributed by atoms with Gasteiger partial charge in [-0.05, 0) is 12.8 Å². The lowest BCUT2D eigenvalue weighted by molar-refractivity contribution is -0.146. The minimum absolute atomic E-state index is 0.0157. The van der Waals surface area contributed by atoms with E-state index >= 15 is 0 Å². The number of terminal acetylenes is 1. The first-order valence-corrected chi connectivity index (χ1v) is 5.69. The van der Waals surface area contributed by atoms with Crippen molar-refractivity contribution in [2.45, 2.75) is 12.8 Å². The minimum Gasteiger partial charge on any atom is -0.469 e. The van der Waals surface area contributed by atoms with Crippen molar-refractivity contribution in [3.05, 3.63) is 0 Å². The number of hydrogen-bond donors (Lipinski definition) is 1. The van der Waals surface area contributed by atoms with Gasteiger partial charge in [0.2, 0.25) is 0 Å². The van der Waals surface area contributed by atoms with Crippen molar-refractivity contribution in [1.82, 2.24) is 10.2 Å². The Balaban J connectivity index is 2.45. The molecule has 0 aromatic rings. The Kier molecular flexibility index (Phi) is 5.34. The quantitative estimate of drug-likeness (QED) is 0.320. The summed E-state index contributed by atoms with van der Waals surface area (Å²) in [4.78, 5) is 17.6. The number of carbonyl (C=O) groups excluding carboxylic acids is 1. The fourth-order valence-electron chi connectivity index (χ4n) is 1.96. The van der Waals surface area contributed by atoms with Crippen LogP contribution in [0.4, 0.5) is 0 Å². The molecule has 1 fully saturated rings. The van der Waals surface area contributed by atoms with Crippen molar-refractivity contribution in [3.8, 4) is 12.3 Å². The molecule has 0 saturated carbocycles. The van der Waals surface area contributed by atoms with Crippen molar-refractivity contribution in [1.29, 1.82) is 0 Å². The Bertz CT molecular complexity index is 325. The summed E-state index contributed by atoms with van der Waals surface area (Å²) >= 11 is 0. The van der Waals surface area contributed by atoms with Crippen LogP contribution in [0.3, 0.4) is 0 Å². The van der Waals surface area contributed by atoms with Crippen molar-refractivity contribution in [2.24, 2.45) is 10.9 Å². The molecule has 0 unspecified atom stereocenters. The molecule has 94 valence electrons. The fraction of sp³-hybridized carbons (Fsp3) is 0.667. The number of nitrogens with one attached hydrogen (secondary N) is 1. The van der Waals surface area contributed by atoms with E-state index in [1.807, 2.05) is 0 Å². The highest BCUT2D eigenvalue weighted by Gasteiger charge is 2.26. The maximum absolute atomic E-state index is 11.4. The molecule has 1 saturated heterocycles. The Morgan fingerprint density at radius 1 is 1.59 bits per heavy atom. The topological polar surface area (TPSA) is 53.9 Å². The highest BCUT2D eigenvalue weighted by Crippen LogP contribution is 2.18. The Morgan fingerprint density at radius 3 is 2.71 bits per heavy atom. The number of ether oxygens (including phenoxy) is 1. The van der Waals surface area contributed by atoms with Crippen LogP contribution in [-0.4, -0.2) is 50.6 Å². The van der Waals surface area contributed by atoms with E-state index < -0.39 is 0 Å². The van der Waals surface area contributed by atoms with Crippen LogP contribution in [0, 0.1) is 18.3 Å². The summed E-state index contributed by atoms with van der Waals surface area (Å²) in [7, 11) is 3.16. The molecule has 0 aromatic heterocycles. The van der Waals surface area contributed by atoms with E-state index in [1.54, 1.807) is 7.05 Å². The molecule has 0 aromatic carbocycles. The number of esters is 1. The first-order chi connectivity index (χ1) is 8.22. The first kappa shape index (κ1) is 13.4. The number of guanidine groups is 1. The van der Waals surface area contributed by atoms with Gasteiger partial charge >= 0.3 is 5.97 Å². The van der Waals surface area contributed by atoms with Gasteiger partial charge in [-0.2, -0.15) is 0 Å². The van der Waals surface area contributed by atoms with Crippen LogP contribution in [0.25, 0.3) is 0 Å². The average molecular weight is 237 g/mol. The largest absolute Gasteiger partial charge is 0.469 e. The van der Waals surface area contributed by atoms with Crippen LogP contribution in [0.2, 0.25) is 0 Å². The number of methoxy groups -OCH3 is 1. The lowest BCUT2D eigenvalue weighted by Gasteiger charge is -2.32. The van der Waals surface area contributed by atoms with Crippen LogP contribution >= 0.6 is 0 Å². The van der Waals surface area contributed by atoms with Crippen LogP contribution in [0.1, 0.15) is 12.8 Å². The van der Waals surface area contributed by atoms with Crippen molar-refractivity contribution in [3.63, 3.8) is 0 Å².